The molecule has 0 radical (unpaired) electrons. The molecule has 2 N–H and O–H groups in total. The summed E-state index contributed by atoms with van der Waals surface area (Å²) in [7, 11) is 0. The van der Waals surface area contributed by atoms with E-state index in [2.05, 4.69) is 24.5 Å². The Kier molecular flexibility index (Phi) is 7.21. The zero-order valence-electron chi connectivity index (χ0n) is 11.1. The quantitative estimate of drug-likeness (QED) is 0.707. The molecular weight excluding hydrogens is 216 g/mol. The highest BCUT2D eigenvalue weighted by molar-refractivity contribution is 5.81. The molecule has 1 fully saturated rings. The van der Waals surface area contributed by atoms with Crippen molar-refractivity contribution >= 4 is 5.91 Å². The van der Waals surface area contributed by atoms with Gasteiger partial charge in [0.25, 0.3) is 0 Å². The van der Waals surface area contributed by atoms with Gasteiger partial charge in [-0.15, -0.1) is 0 Å². The number of rotatable bonds is 7. The average molecular weight is 242 g/mol. The lowest BCUT2D eigenvalue weighted by atomic mass is 9.99. The third-order valence-corrected chi connectivity index (χ3v) is 3.35. The van der Waals surface area contributed by atoms with E-state index in [1.54, 1.807) is 0 Å². The highest BCUT2D eigenvalue weighted by Crippen LogP contribution is 2.11. The van der Waals surface area contributed by atoms with Crippen molar-refractivity contribution < 1.29 is 9.53 Å². The molecule has 0 saturated carbocycles. The summed E-state index contributed by atoms with van der Waals surface area (Å²) in [6.07, 6.45) is 4.82. The number of carbonyl (C=O) groups excluding carboxylic acids is 1. The second-order valence-corrected chi connectivity index (χ2v) is 4.74. The molecule has 0 aromatic rings. The van der Waals surface area contributed by atoms with Crippen molar-refractivity contribution in [3.05, 3.63) is 0 Å². The van der Waals surface area contributed by atoms with Crippen LogP contribution in [-0.2, 0) is 9.53 Å². The SMILES string of the molecule is CCCCC(CC)CNC(=O)C1COCCN1. The Bertz CT molecular complexity index is 215. The second kappa shape index (κ2) is 8.48. The summed E-state index contributed by atoms with van der Waals surface area (Å²) in [5, 5.41) is 6.20. The van der Waals surface area contributed by atoms with Crippen LogP contribution in [0.4, 0.5) is 0 Å². The molecule has 0 aliphatic carbocycles. The maximum Gasteiger partial charge on any atom is 0.239 e. The van der Waals surface area contributed by atoms with Crippen LogP contribution in [0.2, 0.25) is 0 Å². The Morgan fingerprint density at radius 3 is 2.94 bits per heavy atom. The van der Waals surface area contributed by atoms with Crippen LogP contribution in [0.3, 0.4) is 0 Å². The molecule has 0 aromatic heterocycles. The number of hydrogen-bond acceptors (Lipinski definition) is 3. The van der Waals surface area contributed by atoms with Gasteiger partial charge in [0.05, 0.1) is 13.2 Å². The molecule has 1 rings (SSSR count). The first-order valence-electron chi connectivity index (χ1n) is 6.86. The lowest BCUT2D eigenvalue weighted by Crippen LogP contribution is -2.51. The molecule has 4 heteroatoms. The first-order valence-corrected chi connectivity index (χ1v) is 6.86. The maximum absolute atomic E-state index is 11.8. The van der Waals surface area contributed by atoms with Crippen molar-refractivity contribution in [1.29, 1.82) is 0 Å². The van der Waals surface area contributed by atoms with Gasteiger partial charge in [0, 0.05) is 13.1 Å². The maximum atomic E-state index is 11.8. The third kappa shape index (κ3) is 5.50. The van der Waals surface area contributed by atoms with Crippen molar-refractivity contribution in [2.45, 2.75) is 45.6 Å². The van der Waals surface area contributed by atoms with E-state index in [0.29, 0.717) is 19.1 Å². The molecule has 4 nitrogen and oxygen atoms in total. The Morgan fingerprint density at radius 1 is 1.53 bits per heavy atom. The molecule has 1 aliphatic rings. The van der Waals surface area contributed by atoms with Crippen molar-refractivity contribution in [3.8, 4) is 0 Å². The summed E-state index contributed by atoms with van der Waals surface area (Å²) in [5.41, 5.74) is 0. The Hall–Kier alpha value is -0.610. The van der Waals surface area contributed by atoms with Crippen molar-refractivity contribution in [2.24, 2.45) is 5.92 Å². The number of ether oxygens (including phenoxy) is 1. The molecular formula is C13H26N2O2. The highest BCUT2D eigenvalue weighted by atomic mass is 16.5. The monoisotopic (exact) mass is 242 g/mol. The number of hydrogen-bond donors (Lipinski definition) is 2. The van der Waals surface area contributed by atoms with E-state index in [9.17, 15) is 4.79 Å². The van der Waals surface area contributed by atoms with Crippen LogP contribution in [0.15, 0.2) is 0 Å². The third-order valence-electron chi connectivity index (χ3n) is 3.35. The predicted molar refractivity (Wildman–Crippen MR) is 68.9 cm³/mol. The van der Waals surface area contributed by atoms with E-state index in [-0.39, 0.29) is 11.9 Å². The van der Waals surface area contributed by atoms with Gasteiger partial charge in [-0.25, -0.2) is 0 Å². The fourth-order valence-corrected chi connectivity index (χ4v) is 2.05. The Balaban J connectivity index is 2.20. The molecule has 2 atom stereocenters. The van der Waals surface area contributed by atoms with E-state index in [1.807, 2.05) is 0 Å². The molecule has 1 aliphatic heterocycles. The molecule has 0 aromatic carbocycles. The van der Waals surface area contributed by atoms with Crippen LogP contribution in [0.5, 0.6) is 0 Å². The largest absolute Gasteiger partial charge is 0.378 e. The normalized spacial score (nSPS) is 22.1. The van der Waals surface area contributed by atoms with Gasteiger partial charge in [-0.1, -0.05) is 33.1 Å². The van der Waals surface area contributed by atoms with Crippen LogP contribution in [0, 0.1) is 5.92 Å². The number of morpholine rings is 1. The topological polar surface area (TPSA) is 50.4 Å². The number of amides is 1. The summed E-state index contributed by atoms with van der Waals surface area (Å²) < 4.78 is 5.28. The average Bonchev–Trinajstić information content (AvgIpc) is 2.39. The van der Waals surface area contributed by atoms with Crippen LogP contribution in [0.1, 0.15) is 39.5 Å². The lowest BCUT2D eigenvalue weighted by Gasteiger charge is -2.24. The van der Waals surface area contributed by atoms with Gasteiger partial charge in [0.15, 0.2) is 0 Å². The van der Waals surface area contributed by atoms with Gasteiger partial charge in [-0.2, -0.15) is 0 Å². The molecule has 0 bridgehead atoms. The zero-order chi connectivity index (χ0) is 12.5. The van der Waals surface area contributed by atoms with Crippen LogP contribution < -0.4 is 10.6 Å². The van der Waals surface area contributed by atoms with Crippen LogP contribution in [0.25, 0.3) is 0 Å². The summed E-state index contributed by atoms with van der Waals surface area (Å²) in [6, 6.07) is -0.160. The standard InChI is InChI=1S/C13H26N2O2/c1-3-5-6-11(4-2)9-15-13(16)12-10-17-8-7-14-12/h11-12,14H,3-10H2,1-2H3,(H,15,16). The molecule has 17 heavy (non-hydrogen) atoms. The van der Waals surface area contributed by atoms with Crippen LogP contribution in [-0.4, -0.2) is 38.3 Å². The van der Waals surface area contributed by atoms with Crippen molar-refractivity contribution in [1.82, 2.24) is 10.6 Å². The van der Waals surface area contributed by atoms with Gasteiger partial charge >= 0.3 is 0 Å². The van der Waals surface area contributed by atoms with Gasteiger partial charge < -0.3 is 15.4 Å². The van der Waals surface area contributed by atoms with E-state index in [4.69, 9.17) is 4.74 Å². The zero-order valence-corrected chi connectivity index (χ0v) is 11.1. The van der Waals surface area contributed by atoms with Crippen LogP contribution >= 0.6 is 0 Å². The summed E-state index contributed by atoms with van der Waals surface area (Å²) in [5.74, 6) is 0.697. The minimum atomic E-state index is -0.160. The number of nitrogens with one attached hydrogen (secondary N) is 2. The first kappa shape index (κ1) is 14.5. The smallest absolute Gasteiger partial charge is 0.239 e. The van der Waals surface area contributed by atoms with E-state index < -0.39 is 0 Å². The molecule has 100 valence electrons. The predicted octanol–water partition coefficient (Wildman–Crippen LogP) is 1.31. The highest BCUT2D eigenvalue weighted by Gasteiger charge is 2.21. The number of unbranched alkanes of at least 4 members (excludes halogenated alkanes) is 1. The lowest BCUT2D eigenvalue weighted by molar-refractivity contribution is -0.126. The molecule has 0 spiro atoms. The van der Waals surface area contributed by atoms with Gasteiger partial charge in [-0.3, -0.25) is 4.79 Å². The van der Waals surface area contributed by atoms with Gasteiger partial charge in [0.1, 0.15) is 6.04 Å². The fourth-order valence-electron chi connectivity index (χ4n) is 2.05. The Labute approximate surface area is 104 Å². The fraction of sp³-hybridized carbons (Fsp3) is 0.923. The van der Waals surface area contributed by atoms with Crippen molar-refractivity contribution in [3.63, 3.8) is 0 Å². The van der Waals surface area contributed by atoms with Gasteiger partial charge in [-0.05, 0) is 12.3 Å². The molecule has 1 saturated heterocycles. The Morgan fingerprint density at radius 2 is 2.35 bits per heavy atom. The van der Waals surface area contributed by atoms with E-state index in [1.165, 1.54) is 19.3 Å². The minimum absolute atomic E-state index is 0.0830. The summed E-state index contributed by atoms with van der Waals surface area (Å²) >= 11 is 0. The summed E-state index contributed by atoms with van der Waals surface area (Å²) in [6.45, 7) is 7.16. The molecule has 1 heterocycles. The minimum Gasteiger partial charge on any atom is -0.378 e. The molecule has 2 unspecified atom stereocenters. The molecule has 1 amide bonds. The summed E-state index contributed by atoms with van der Waals surface area (Å²) in [4.78, 5) is 11.8. The van der Waals surface area contributed by atoms with E-state index in [0.717, 1.165) is 19.5 Å². The van der Waals surface area contributed by atoms with Gasteiger partial charge in [0.2, 0.25) is 5.91 Å². The van der Waals surface area contributed by atoms with Crippen molar-refractivity contribution in [2.75, 3.05) is 26.3 Å². The second-order valence-electron chi connectivity index (χ2n) is 4.74. The first-order chi connectivity index (χ1) is 8.27. The van der Waals surface area contributed by atoms with E-state index >= 15 is 0 Å². The number of carbonyl (C=O) groups is 1.